The van der Waals surface area contributed by atoms with E-state index < -0.39 is 0 Å². The number of hydrogen-bond acceptors (Lipinski definition) is 3. The number of ether oxygens (including phenoxy) is 2. The Morgan fingerprint density at radius 2 is 2.00 bits per heavy atom. The number of methoxy groups -OCH3 is 2. The molecular formula is C17H27NO2. The van der Waals surface area contributed by atoms with Gasteiger partial charge in [0.15, 0.2) is 0 Å². The molecule has 1 fully saturated rings. The molecule has 0 amide bonds. The molecule has 2 rings (SSSR count). The monoisotopic (exact) mass is 277 g/mol. The highest BCUT2D eigenvalue weighted by molar-refractivity contribution is 5.36. The third-order valence-electron chi connectivity index (χ3n) is 4.43. The van der Waals surface area contributed by atoms with Crippen LogP contribution in [0.1, 0.15) is 50.6 Å². The van der Waals surface area contributed by atoms with Crippen LogP contribution in [0.4, 0.5) is 0 Å². The van der Waals surface area contributed by atoms with Gasteiger partial charge in [0.2, 0.25) is 0 Å². The van der Waals surface area contributed by atoms with Crippen molar-refractivity contribution in [3.8, 4) is 5.75 Å². The number of nitrogens with one attached hydrogen (secondary N) is 1. The first-order valence-electron chi connectivity index (χ1n) is 7.66. The molecule has 0 aliphatic heterocycles. The molecule has 1 aromatic rings. The highest BCUT2D eigenvalue weighted by Crippen LogP contribution is 2.43. The Balaban J connectivity index is 2.18. The molecule has 20 heavy (non-hydrogen) atoms. The molecule has 1 aromatic carbocycles. The van der Waals surface area contributed by atoms with Crippen molar-refractivity contribution in [3.05, 3.63) is 29.8 Å². The minimum atomic E-state index is 0.0618. The average molecular weight is 277 g/mol. The zero-order valence-corrected chi connectivity index (χ0v) is 12.9. The van der Waals surface area contributed by atoms with Crippen LogP contribution < -0.4 is 10.1 Å². The van der Waals surface area contributed by atoms with E-state index in [-0.39, 0.29) is 5.60 Å². The van der Waals surface area contributed by atoms with Crippen molar-refractivity contribution in [2.45, 2.75) is 50.7 Å². The molecule has 1 N–H and O–H groups in total. The Morgan fingerprint density at radius 3 is 2.55 bits per heavy atom. The smallest absolute Gasteiger partial charge is 0.123 e. The second-order valence-corrected chi connectivity index (χ2v) is 5.69. The first-order chi connectivity index (χ1) is 9.74. The van der Waals surface area contributed by atoms with E-state index in [2.05, 4.69) is 24.4 Å². The molecule has 0 spiro atoms. The fourth-order valence-corrected chi connectivity index (χ4v) is 3.00. The fraction of sp³-hybridized carbons (Fsp3) is 0.647. The van der Waals surface area contributed by atoms with Gasteiger partial charge in [-0.3, -0.25) is 0 Å². The van der Waals surface area contributed by atoms with E-state index in [4.69, 9.17) is 9.47 Å². The van der Waals surface area contributed by atoms with E-state index in [9.17, 15) is 0 Å². The van der Waals surface area contributed by atoms with Gasteiger partial charge < -0.3 is 14.8 Å². The van der Waals surface area contributed by atoms with Crippen molar-refractivity contribution < 1.29 is 9.47 Å². The van der Waals surface area contributed by atoms with Gasteiger partial charge >= 0.3 is 0 Å². The van der Waals surface area contributed by atoms with Crippen LogP contribution in [0.3, 0.4) is 0 Å². The summed E-state index contributed by atoms with van der Waals surface area (Å²) >= 11 is 0. The van der Waals surface area contributed by atoms with Gasteiger partial charge in [0.05, 0.1) is 12.7 Å². The third kappa shape index (κ3) is 3.33. The first-order valence-corrected chi connectivity index (χ1v) is 7.66. The molecule has 1 unspecified atom stereocenters. The van der Waals surface area contributed by atoms with Crippen LogP contribution in [0.15, 0.2) is 24.3 Å². The van der Waals surface area contributed by atoms with Crippen LogP contribution >= 0.6 is 0 Å². The summed E-state index contributed by atoms with van der Waals surface area (Å²) in [5.41, 5.74) is 1.30. The van der Waals surface area contributed by atoms with Crippen LogP contribution in [0, 0.1) is 0 Å². The number of hydrogen-bond donors (Lipinski definition) is 1. The maximum atomic E-state index is 5.80. The fourth-order valence-electron chi connectivity index (χ4n) is 3.00. The molecule has 1 aliphatic rings. The molecule has 1 aliphatic carbocycles. The van der Waals surface area contributed by atoms with E-state index in [1.54, 1.807) is 7.11 Å². The van der Waals surface area contributed by atoms with Crippen molar-refractivity contribution >= 4 is 0 Å². The molecule has 0 radical (unpaired) electrons. The number of para-hydroxylation sites is 1. The molecule has 0 bridgehead atoms. The highest BCUT2D eigenvalue weighted by atomic mass is 16.5. The molecule has 1 atom stereocenters. The van der Waals surface area contributed by atoms with Crippen molar-refractivity contribution in [1.82, 2.24) is 5.32 Å². The normalized spacial score (nSPS) is 18.4. The summed E-state index contributed by atoms with van der Waals surface area (Å²) in [6, 6.07) is 8.60. The maximum absolute atomic E-state index is 5.80. The summed E-state index contributed by atoms with van der Waals surface area (Å²) in [7, 11) is 3.59. The summed E-state index contributed by atoms with van der Waals surface area (Å²) in [5.74, 6) is 0.965. The van der Waals surface area contributed by atoms with Crippen LogP contribution in [0.2, 0.25) is 0 Å². The minimum absolute atomic E-state index is 0.0618. The first kappa shape index (κ1) is 15.3. The van der Waals surface area contributed by atoms with Gasteiger partial charge in [-0.1, -0.05) is 25.1 Å². The average Bonchev–Trinajstić information content (AvgIpc) is 2.46. The Kier molecular flexibility index (Phi) is 5.44. The van der Waals surface area contributed by atoms with Crippen molar-refractivity contribution in [2.24, 2.45) is 0 Å². The summed E-state index contributed by atoms with van der Waals surface area (Å²) in [5, 5.41) is 3.66. The van der Waals surface area contributed by atoms with Gasteiger partial charge in [-0.2, -0.15) is 0 Å². The molecule has 3 heteroatoms. The highest BCUT2D eigenvalue weighted by Gasteiger charge is 2.39. The van der Waals surface area contributed by atoms with Crippen LogP contribution in [-0.2, 0) is 4.74 Å². The van der Waals surface area contributed by atoms with Gasteiger partial charge in [-0.25, -0.2) is 0 Å². The largest absolute Gasteiger partial charge is 0.496 e. The van der Waals surface area contributed by atoms with Gasteiger partial charge in [-0.05, 0) is 44.7 Å². The van der Waals surface area contributed by atoms with Crippen molar-refractivity contribution in [3.63, 3.8) is 0 Å². The predicted molar refractivity (Wildman–Crippen MR) is 82.2 cm³/mol. The maximum Gasteiger partial charge on any atom is 0.123 e. The molecule has 1 saturated carbocycles. The van der Waals surface area contributed by atoms with Gasteiger partial charge in [0.1, 0.15) is 5.75 Å². The number of rotatable bonds is 8. The van der Waals surface area contributed by atoms with Crippen LogP contribution in [-0.4, -0.2) is 26.4 Å². The second-order valence-electron chi connectivity index (χ2n) is 5.69. The van der Waals surface area contributed by atoms with E-state index in [0.29, 0.717) is 6.04 Å². The van der Waals surface area contributed by atoms with E-state index in [1.807, 2.05) is 19.2 Å². The predicted octanol–water partition coefficient (Wildman–Crippen LogP) is 3.70. The lowest BCUT2D eigenvalue weighted by molar-refractivity contribution is -0.0838. The van der Waals surface area contributed by atoms with Gasteiger partial charge in [0, 0.05) is 18.7 Å². The Hall–Kier alpha value is -1.06. The molecule has 0 aromatic heterocycles. The number of benzene rings is 1. The Labute approximate surface area is 122 Å². The summed E-state index contributed by atoms with van der Waals surface area (Å²) in [4.78, 5) is 0. The van der Waals surface area contributed by atoms with Gasteiger partial charge in [0.25, 0.3) is 0 Å². The summed E-state index contributed by atoms with van der Waals surface area (Å²) in [6.45, 7) is 3.21. The van der Waals surface area contributed by atoms with Crippen molar-refractivity contribution in [1.29, 1.82) is 0 Å². The molecule has 0 heterocycles. The third-order valence-corrected chi connectivity index (χ3v) is 4.43. The SMILES string of the molecule is CCCNC(CC1(OC)CCC1)c1ccccc1OC. The molecule has 112 valence electrons. The van der Waals surface area contributed by atoms with Crippen molar-refractivity contribution in [2.75, 3.05) is 20.8 Å². The van der Waals surface area contributed by atoms with E-state index in [1.165, 1.54) is 24.8 Å². The standard InChI is InChI=1S/C17H27NO2/c1-4-12-18-15(13-17(20-3)10-7-11-17)14-8-5-6-9-16(14)19-2/h5-6,8-9,15,18H,4,7,10-13H2,1-3H3. The Morgan fingerprint density at radius 1 is 1.25 bits per heavy atom. The van der Waals surface area contributed by atoms with E-state index in [0.717, 1.165) is 25.1 Å². The lowest BCUT2D eigenvalue weighted by atomic mass is 9.74. The molecule has 3 nitrogen and oxygen atoms in total. The Bertz CT molecular complexity index is 410. The minimum Gasteiger partial charge on any atom is -0.496 e. The summed E-state index contributed by atoms with van der Waals surface area (Å²) < 4.78 is 11.3. The van der Waals surface area contributed by atoms with Crippen LogP contribution in [0.5, 0.6) is 5.75 Å². The molecule has 0 saturated heterocycles. The zero-order chi connectivity index (χ0) is 14.4. The second kappa shape index (κ2) is 7.09. The lowest BCUT2D eigenvalue weighted by Gasteiger charge is -2.43. The quantitative estimate of drug-likeness (QED) is 0.786. The van der Waals surface area contributed by atoms with Gasteiger partial charge in [-0.15, -0.1) is 0 Å². The van der Waals surface area contributed by atoms with Crippen LogP contribution in [0.25, 0.3) is 0 Å². The summed E-state index contributed by atoms with van der Waals surface area (Å²) in [6.07, 6.45) is 5.77. The molecular weight excluding hydrogens is 250 g/mol. The van der Waals surface area contributed by atoms with E-state index >= 15 is 0 Å². The lowest BCUT2D eigenvalue weighted by Crippen LogP contribution is -2.43. The zero-order valence-electron chi connectivity index (χ0n) is 12.9. The topological polar surface area (TPSA) is 30.5 Å².